The van der Waals surface area contributed by atoms with E-state index in [1.807, 2.05) is 66.9 Å². The number of fused-ring (bicyclic) bond motifs is 1. The van der Waals surface area contributed by atoms with Gasteiger partial charge in [0.1, 0.15) is 11.4 Å². The topological polar surface area (TPSA) is 43.3 Å². The van der Waals surface area contributed by atoms with Crippen molar-refractivity contribution >= 4 is 28.4 Å². The van der Waals surface area contributed by atoms with Gasteiger partial charge in [0.25, 0.3) is 5.91 Å². The van der Waals surface area contributed by atoms with Gasteiger partial charge < -0.3 is 14.6 Å². The normalized spacial score (nSPS) is 12.1. The van der Waals surface area contributed by atoms with Crippen molar-refractivity contribution in [2.24, 2.45) is 0 Å². The molecule has 0 fully saturated rings. The third-order valence-electron chi connectivity index (χ3n) is 4.66. The van der Waals surface area contributed by atoms with Crippen LogP contribution < -0.4 is 10.1 Å². The monoisotopic (exact) mass is 384 g/mol. The smallest absolute Gasteiger partial charge is 0.268 e. The molecule has 3 rings (SSSR count). The Bertz CT molecular complexity index is 949. The summed E-state index contributed by atoms with van der Waals surface area (Å²) in [4.78, 5) is 12.9. The molecule has 0 saturated carbocycles. The van der Waals surface area contributed by atoms with E-state index in [1.54, 1.807) is 0 Å². The van der Waals surface area contributed by atoms with Crippen LogP contribution in [0.3, 0.4) is 0 Å². The Labute approximate surface area is 165 Å². The van der Waals surface area contributed by atoms with E-state index in [-0.39, 0.29) is 11.9 Å². The molecule has 3 aromatic rings. The first-order chi connectivity index (χ1) is 13.0. The van der Waals surface area contributed by atoms with Crippen LogP contribution in [-0.4, -0.2) is 23.1 Å². The fraction of sp³-hybridized carbons (Fsp3) is 0.318. The lowest BCUT2D eigenvalue weighted by molar-refractivity contribution is 0.0931. The zero-order chi connectivity index (χ0) is 19.4. The third kappa shape index (κ3) is 4.28. The predicted molar refractivity (Wildman–Crippen MR) is 111 cm³/mol. The molecule has 0 radical (unpaired) electrons. The summed E-state index contributed by atoms with van der Waals surface area (Å²) < 4.78 is 7.80. The number of amides is 1. The molecule has 1 atom stereocenters. The Hall–Kier alpha value is -2.46. The second-order valence-corrected chi connectivity index (χ2v) is 7.09. The molecule has 142 valence electrons. The van der Waals surface area contributed by atoms with Crippen LogP contribution in [-0.2, 0) is 6.54 Å². The number of carbonyl (C=O) groups excluding carboxylic acids is 1. The second-order valence-electron chi connectivity index (χ2n) is 6.65. The van der Waals surface area contributed by atoms with Crippen molar-refractivity contribution in [3.05, 3.63) is 64.8 Å². The number of carbonyl (C=O) groups is 1. The minimum absolute atomic E-state index is 0.0787. The van der Waals surface area contributed by atoms with Gasteiger partial charge in [-0.2, -0.15) is 0 Å². The van der Waals surface area contributed by atoms with E-state index in [1.165, 1.54) is 0 Å². The molecule has 4 nitrogen and oxygen atoms in total. The van der Waals surface area contributed by atoms with Gasteiger partial charge in [-0.3, -0.25) is 4.79 Å². The van der Waals surface area contributed by atoms with E-state index in [9.17, 15) is 4.79 Å². The number of rotatable bonds is 7. The van der Waals surface area contributed by atoms with Crippen molar-refractivity contribution in [1.29, 1.82) is 0 Å². The van der Waals surface area contributed by atoms with Crippen molar-refractivity contribution in [3.8, 4) is 5.75 Å². The van der Waals surface area contributed by atoms with Crippen LogP contribution in [0, 0.1) is 0 Å². The van der Waals surface area contributed by atoms with Crippen LogP contribution in [0.1, 0.15) is 43.2 Å². The zero-order valence-electron chi connectivity index (χ0n) is 16.0. The summed E-state index contributed by atoms with van der Waals surface area (Å²) in [7, 11) is 0. The van der Waals surface area contributed by atoms with Gasteiger partial charge in [-0.25, -0.2) is 0 Å². The minimum Gasteiger partial charge on any atom is -0.493 e. The van der Waals surface area contributed by atoms with Crippen LogP contribution in [0.15, 0.2) is 48.5 Å². The number of ether oxygens (including phenoxy) is 1. The molecule has 1 N–H and O–H groups in total. The average Bonchev–Trinajstić information content (AvgIpc) is 3.01. The second kappa shape index (κ2) is 8.49. The van der Waals surface area contributed by atoms with Crippen molar-refractivity contribution in [1.82, 2.24) is 9.88 Å². The molecule has 0 aliphatic rings. The SMILES string of the molecule is CCOc1cccc2c1cc(C(=O)NC(C)CC)n2Cc1cccc(Cl)c1. The Morgan fingerprint density at radius 2 is 1.96 bits per heavy atom. The maximum atomic E-state index is 12.9. The number of benzene rings is 2. The number of hydrogen-bond donors (Lipinski definition) is 1. The summed E-state index contributed by atoms with van der Waals surface area (Å²) in [5.74, 6) is 0.711. The van der Waals surface area contributed by atoms with Gasteiger partial charge in [-0.15, -0.1) is 0 Å². The molecule has 0 saturated heterocycles. The Balaban J connectivity index is 2.10. The molecular weight excluding hydrogens is 360 g/mol. The van der Waals surface area contributed by atoms with E-state index in [4.69, 9.17) is 16.3 Å². The van der Waals surface area contributed by atoms with Crippen molar-refractivity contribution < 1.29 is 9.53 Å². The zero-order valence-corrected chi connectivity index (χ0v) is 16.7. The summed E-state index contributed by atoms with van der Waals surface area (Å²) in [5.41, 5.74) is 2.63. The highest BCUT2D eigenvalue weighted by Crippen LogP contribution is 2.30. The van der Waals surface area contributed by atoms with Crippen LogP contribution in [0.5, 0.6) is 5.75 Å². The number of aromatic nitrogens is 1. The molecule has 0 bridgehead atoms. The van der Waals surface area contributed by atoms with E-state index >= 15 is 0 Å². The van der Waals surface area contributed by atoms with Gasteiger partial charge in [0.15, 0.2) is 0 Å². The minimum atomic E-state index is -0.0787. The quantitative estimate of drug-likeness (QED) is 0.603. The molecular formula is C22H25ClN2O2. The van der Waals surface area contributed by atoms with Gasteiger partial charge in [0, 0.05) is 23.0 Å². The highest BCUT2D eigenvalue weighted by Gasteiger charge is 2.19. The van der Waals surface area contributed by atoms with Gasteiger partial charge in [0.05, 0.1) is 12.1 Å². The van der Waals surface area contributed by atoms with E-state index in [0.717, 1.165) is 28.6 Å². The average molecular weight is 385 g/mol. The molecule has 27 heavy (non-hydrogen) atoms. The van der Waals surface area contributed by atoms with Gasteiger partial charge in [-0.1, -0.05) is 36.7 Å². The van der Waals surface area contributed by atoms with Crippen LogP contribution >= 0.6 is 11.6 Å². The number of halogens is 1. The van der Waals surface area contributed by atoms with Crippen LogP contribution in [0.25, 0.3) is 10.9 Å². The summed E-state index contributed by atoms with van der Waals surface area (Å²) in [6.45, 7) is 7.15. The van der Waals surface area contributed by atoms with Gasteiger partial charge in [-0.05, 0) is 56.2 Å². The van der Waals surface area contributed by atoms with E-state index in [0.29, 0.717) is 23.9 Å². The molecule has 0 aliphatic heterocycles. The Morgan fingerprint density at radius 3 is 2.67 bits per heavy atom. The highest BCUT2D eigenvalue weighted by molar-refractivity contribution is 6.30. The molecule has 1 amide bonds. The molecule has 1 unspecified atom stereocenters. The van der Waals surface area contributed by atoms with Gasteiger partial charge in [0.2, 0.25) is 0 Å². The Morgan fingerprint density at radius 1 is 1.19 bits per heavy atom. The maximum Gasteiger partial charge on any atom is 0.268 e. The summed E-state index contributed by atoms with van der Waals surface area (Å²) in [5, 5.41) is 4.69. The maximum absolute atomic E-state index is 12.9. The number of hydrogen-bond acceptors (Lipinski definition) is 2. The van der Waals surface area contributed by atoms with Crippen LogP contribution in [0.2, 0.25) is 5.02 Å². The number of nitrogens with zero attached hydrogens (tertiary/aromatic N) is 1. The van der Waals surface area contributed by atoms with Crippen molar-refractivity contribution in [2.45, 2.75) is 39.8 Å². The fourth-order valence-corrected chi connectivity index (χ4v) is 3.33. The third-order valence-corrected chi connectivity index (χ3v) is 4.89. The highest BCUT2D eigenvalue weighted by atomic mass is 35.5. The van der Waals surface area contributed by atoms with Crippen molar-refractivity contribution in [2.75, 3.05) is 6.61 Å². The van der Waals surface area contributed by atoms with Crippen LogP contribution in [0.4, 0.5) is 0 Å². The molecule has 0 spiro atoms. The number of nitrogens with one attached hydrogen (secondary N) is 1. The lowest BCUT2D eigenvalue weighted by atomic mass is 10.2. The molecule has 2 aromatic carbocycles. The van der Waals surface area contributed by atoms with E-state index in [2.05, 4.69) is 12.2 Å². The summed E-state index contributed by atoms with van der Waals surface area (Å²) >= 11 is 6.15. The standard InChI is InChI=1S/C22H25ClN2O2/c1-4-15(3)24-22(26)20-13-18-19(10-7-11-21(18)27-5-2)25(20)14-16-8-6-9-17(23)12-16/h6-13,15H,4-5,14H2,1-3H3,(H,24,26). The lowest BCUT2D eigenvalue weighted by Crippen LogP contribution is -2.33. The fourth-order valence-electron chi connectivity index (χ4n) is 3.11. The lowest BCUT2D eigenvalue weighted by Gasteiger charge is -2.14. The summed E-state index contributed by atoms with van der Waals surface area (Å²) in [6.07, 6.45) is 0.879. The predicted octanol–water partition coefficient (Wildman–Crippen LogP) is 5.27. The molecule has 5 heteroatoms. The largest absolute Gasteiger partial charge is 0.493 e. The van der Waals surface area contributed by atoms with Crippen molar-refractivity contribution in [3.63, 3.8) is 0 Å². The first-order valence-electron chi connectivity index (χ1n) is 9.33. The molecule has 1 aromatic heterocycles. The first-order valence-corrected chi connectivity index (χ1v) is 9.71. The van der Waals surface area contributed by atoms with Gasteiger partial charge >= 0.3 is 0 Å². The first kappa shape index (κ1) is 19.3. The summed E-state index contributed by atoms with van der Waals surface area (Å²) in [6, 6.07) is 15.7. The molecule has 0 aliphatic carbocycles. The van der Waals surface area contributed by atoms with E-state index < -0.39 is 0 Å². The molecule has 1 heterocycles. The Kier molecular flexibility index (Phi) is 6.07.